The number of hydrogen-bond donors (Lipinski definition) is 1. The lowest BCUT2D eigenvalue weighted by Crippen LogP contribution is -2.24. The highest BCUT2D eigenvalue weighted by atomic mass is 35.5. The first-order valence-electron chi connectivity index (χ1n) is 6.92. The molecule has 1 aliphatic rings. The summed E-state index contributed by atoms with van der Waals surface area (Å²) in [7, 11) is 0. The second-order valence-electron chi connectivity index (χ2n) is 4.90. The van der Waals surface area contributed by atoms with Gasteiger partial charge in [-0.25, -0.2) is 0 Å². The molecule has 0 spiro atoms. The lowest BCUT2D eigenvalue weighted by molar-refractivity contribution is 0.0302. The van der Waals surface area contributed by atoms with E-state index >= 15 is 0 Å². The summed E-state index contributed by atoms with van der Waals surface area (Å²) in [5.41, 5.74) is 1.15. The second kappa shape index (κ2) is 7.78. The van der Waals surface area contributed by atoms with Gasteiger partial charge in [0.05, 0.1) is 12.7 Å². The number of hydrogen-bond acceptors (Lipinski definition) is 2. The molecular formula is C15H22ClNO. The molecule has 2 rings (SSSR count). The van der Waals surface area contributed by atoms with Crippen molar-refractivity contribution in [1.29, 1.82) is 0 Å². The van der Waals surface area contributed by atoms with E-state index < -0.39 is 0 Å². The van der Waals surface area contributed by atoms with Crippen LogP contribution in [0.15, 0.2) is 24.3 Å². The molecule has 18 heavy (non-hydrogen) atoms. The van der Waals surface area contributed by atoms with Crippen molar-refractivity contribution >= 4 is 11.6 Å². The van der Waals surface area contributed by atoms with Gasteiger partial charge in [0.15, 0.2) is 0 Å². The zero-order valence-corrected chi connectivity index (χ0v) is 11.6. The van der Waals surface area contributed by atoms with Crippen molar-refractivity contribution in [3.63, 3.8) is 0 Å². The van der Waals surface area contributed by atoms with E-state index in [2.05, 4.69) is 11.4 Å². The summed E-state index contributed by atoms with van der Waals surface area (Å²) in [6.07, 6.45) is 7.02. The lowest BCUT2D eigenvalue weighted by Gasteiger charge is -2.22. The van der Waals surface area contributed by atoms with Crippen LogP contribution in [0.1, 0.15) is 37.7 Å². The van der Waals surface area contributed by atoms with Crippen molar-refractivity contribution < 1.29 is 4.74 Å². The summed E-state index contributed by atoms with van der Waals surface area (Å²) in [6, 6.07) is 7.95. The molecule has 0 atom stereocenters. The van der Waals surface area contributed by atoms with Gasteiger partial charge >= 0.3 is 0 Å². The Morgan fingerprint density at radius 1 is 1.17 bits per heavy atom. The maximum Gasteiger partial charge on any atom is 0.0594 e. The van der Waals surface area contributed by atoms with Crippen molar-refractivity contribution in [3.8, 4) is 0 Å². The zero-order valence-electron chi connectivity index (χ0n) is 10.8. The van der Waals surface area contributed by atoms with Crippen LogP contribution >= 0.6 is 11.6 Å². The molecule has 1 aromatic rings. The molecule has 0 unspecified atom stereocenters. The topological polar surface area (TPSA) is 21.3 Å². The smallest absolute Gasteiger partial charge is 0.0594 e. The van der Waals surface area contributed by atoms with Crippen LogP contribution in [0.25, 0.3) is 0 Å². The van der Waals surface area contributed by atoms with Crippen LogP contribution in [0.3, 0.4) is 0 Å². The summed E-state index contributed by atoms with van der Waals surface area (Å²) in [5, 5.41) is 4.20. The fourth-order valence-corrected chi connectivity index (χ4v) is 2.60. The van der Waals surface area contributed by atoms with Gasteiger partial charge in [0.25, 0.3) is 0 Å². The van der Waals surface area contributed by atoms with Gasteiger partial charge in [0.1, 0.15) is 0 Å². The maximum atomic E-state index is 6.09. The van der Waals surface area contributed by atoms with E-state index in [0.29, 0.717) is 6.10 Å². The Morgan fingerprint density at radius 2 is 1.94 bits per heavy atom. The van der Waals surface area contributed by atoms with Crippen LogP contribution in [0.5, 0.6) is 0 Å². The third kappa shape index (κ3) is 4.60. The Labute approximate surface area is 115 Å². The summed E-state index contributed by atoms with van der Waals surface area (Å²) in [4.78, 5) is 0. The monoisotopic (exact) mass is 267 g/mol. The largest absolute Gasteiger partial charge is 0.377 e. The minimum Gasteiger partial charge on any atom is -0.377 e. The molecule has 1 fully saturated rings. The standard InChI is InChI=1S/C15H22ClNO/c16-15-9-5-4-6-13(15)12-17-10-11-18-14-7-2-1-3-8-14/h4-6,9,14,17H,1-3,7-8,10-12H2. The van der Waals surface area contributed by atoms with Gasteiger partial charge in [0, 0.05) is 18.1 Å². The molecule has 1 aliphatic carbocycles. The number of nitrogens with one attached hydrogen (secondary N) is 1. The molecule has 0 aliphatic heterocycles. The predicted octanol–water partition coefficient (Wildman–Crippen LogP) is 3.78. The van der Waals surface area contributed by atoms with Crippen molar-refractivity contribution in [3.05, 3.63) is 34.9 Å². The fourth-order valence-electron chi connectivity index (χ4n) is 2.39. The average molecular weight is 268 g/mol. The summed E-state index contributed by atoms with van der Waals surface area (Å²) >= 11 is 6.09. The van der Waals surface area contributed by atoms with Crippen molar-refractivity contribution in [1.82, 2.24) is 5.32 Å². The van der Waals surface area contributed by atoms with Gasteiger partial charge in [0.2, 0.25) is 0 Å². The summed E-state index contributed by atoms with van der Waals surface area (Å²) in [6.45, 7) is 2.50. The van der Waals surface area contributed by atoms with Crippen LogP contribution in [-0.4, -0.2) is 19.3 Å². The number of benzene rings is 1. The number of halogens is 1. The summed E-state index contributed by atoms with van der Waals surface area (Å²) in [5.74, 6) is 0. The van der Waals surface area contributed by atoms with Gasteiger partial charge in [-0.1, -0.05) is 49.1 Å². The molecule has 1 aromatic carbocycles. The van der Waals surface area contributed by atoms with E-state index in [4.69, 9.17) is 16.3 Å². The predicted molar refractivity (Wildman–Crippen MR) is 76.0 cm³/mol. The maximum absolute atomic E-state index is 6.09. The molecule has 0 heterocycles. The molecule has 100 valence electrons. The van der Waals surface area contributed by atoms with E-state index in [-0.39, 0.29) is 0 Å². The fraction of sp³-hybridized carbons (Fsp3) is 0.600. The molecular weight excluding hydrogens is 246 g/mol. The molecule has 0 amide bonds. The Kier molecular flexibility index (Phi) is 5.98. The van der Waals surface area contributed by atoms with Gasteiger partial charge in [-0.05, 0) is 24.5 Å². The second-order valence-corrected chi connectivity index (χ2v) is 5.31. The Hall–Kier alpha value is -0.570. The first-order valence-corrected chi connectivity index (χ1v) is 7.30. The van der Waals surface area contributed by atoms with Crippen molar-refractivity contribution in [2.75, 3.05) is 13.2 Å². The lowest BCUT2D eigenvalue weighted by atomic mass is 9.98. The molecule has 0 bridgehead atoms. The number of ether oxygens (including phenoxy) is 1. The molecule has 3 heteroatoms. The molecule has 1 N–H and O–H groups in total. The van der Waals surface area contributed by atoms with Gasteiger partial charge in [-0.15, -0.1) is 0 Å². The molecule has 0 saturated heterocycles. The normalized spacial score (nSPS) is 16.9. The minimum atomic E-state index is 0.501. The third-order valence-corrected chi connectivity index (χ3v) is 3.83. The Balaban J connectivity index is 1.57. The van der Waals surface area contributed by atoms with E-state index in [1.54, 1.807) is 0 Å². The minimum absolute atomic E-state index is 0.501. The molecule has 1 saturated carbocycles. The van der Waals surface area contributed by atoms with Crippen molar-refractivity contribution in [2.24, 2.45) is 0 Å². The quantitative estimate of drug-likeness (QED) is 0.792. The first kappa shape index (κ1) is 13.9. The van der Waals surface area contributed by atoms with Crippen LogP contribution in [0.4, 0.5) is 0 Å². The zero-order chi connectivity index (χ0) is 12.6. The van der Waals surface area contributed by atoms with E-state index in [1.807, 2.05) is 18.2 Å². The molecule has 0 aromatic heterocycles. The SMILES string of the molecule is Clc1ccccc1CNCCOC1CCCCC1. The van der Waals surface area contributed by atoms with E-state index in [9.17, 15) is 0 Å². The van der Waals surface area contributed by atoms with Crippen LogP contribution in [0.2, 0.25) is 5.02 Å². The van der Waals surface area contributed by atoms with Gasteiger partial charge in [-0.2, -0.15) is 0 Å². The van der Waals surface area contributed by atoms with Crippen molar-refractivity contribution in [2.45, 2.75) is 44.8 Å². The highest BCUT2D eigenvalue weighted by Gasteiger charge is 2.12. The highest BCUT2D eigenvalue weighted by Crippen LogP contribution is 2.20. The van der Waals surface area contributed by atoms with E-state index in [1.165, 1.54) is 32.1 Å². The van der Waals surface area contributed by atoms with Gasteiger partial charge in [-0.3, -0.25) is 0 Å². The van der Waals surface area contributed by atoms with Crippen LogP contribution in [-0.2, 0) is 11.3 Å². The van der Waals surface area contributed by atoms with Gasteiger partial charge < -0.3 is 10.1 Å². The Morgan fingerprint density at radius 3 is 2.72 bits per heavy atom. The molecule has 0 radical (unpaired) electrons. The third-order valence-electron chi connectivity index (χ3n) is 3.46. The van der Waals surface area contributed by atoms with E-state index in [0.717, 1.165) is 30.3 Å². The average Bonchev–Trinajstić information content (AvgIpc) is 2.42. The molecule has 2 nitrogen and oxygen atoms in total. The summed E-state index contributed by atoms with van der Waals surface area (Å²) < 4.78 is 5.86. The van der Waals surface area contributed by atoms with Crippen LogP contribution < -0.4 is 5.32 Å². The number of rotatable bonds is 6. The Bertz CT molecular complexity index is 350. The first-order chi connectivity index (χ1) is 8.86. The highest BCUT2D eigenvalue weighted by molar-refractivity contribution is 6.31. The van der Waals surface area contributed by atoms with Crippen LogP contribution in [0, 0.1) is 0 Å².